The van der Waals surface area contributed by atoms with E-state index in [0.29, 0.717) is 5.92 Å². The maximum atomic E-state index is 2.28. The first-order valence-corrected chi connectivity index (χ1v) is 4.85. The predicted octanol–water partition coefficient (Wildman–Crippen LogP) is 3.98. The molecule has 0 amide bonds. The van der Waals surface area contributed by atoms with E-state index in [-0.39, 0.29) is 0 Å². The number of hydrogen-bond donors (Lipinski definition) is 0. The Hall–Kier alpha value is -1.04. The van der Waals surface area contributed by atoms with Crippen LogP contribution in [0.1, 0.15) is 36.5 Å². The first-order valence-electron chi connectivity index (χ1n) is 4.85. The number of benzene rings is 1. The molecule has 0 aliphatic heterocycles. The van der Waals surface area contributed by atoms with E-state index in [0.717, 1.165) is 0 Å². The summed E-state index contributed by atoms with van der Waals surface area (Å²) in [6, 6.07) is 6.69. The van der Waals surface area contributed by atoms with Gasteiger partial charge in [0.25, 0.3) is 0 Å². The average molecular weight is 174 g/mol. The molecule has 0 aliphatic rings. The molecule has 0 heteroatoms. The summed E-state index contributed by atoms with van der Waals surface area (Å²) in [5.74, 6) is 0.532. The summed E-state index contributed by atoms with van der Waals surface area (Å²) in [6.45, 7) is 8.61. The molecule has 0 N–H and O–H groups in total. The fraction of sp³-hybridized carbons (Fsp3) is 0.385. The van der Waals surface area contributed by atoms with Gasteiger partial charge in [-0.15, -0.1) is 0 Å². The van der Waals surface area contributed by atoms with Crippen LogP contribution in [0.2, 0.25) is 0 Å². The molecule has 13 heavy (non-hydrogen) atoms. The van der Waals surface area contributed by atoms with Crippen molar-refractivity contribution < 1.29 is 0 Å². The Morgan fingerprint density at radius 2 is 1.85 bits per heavy atom. The van der Waals surface area contributed by atoms with Gasteiger partial charge in [0.05, 0.1) is 0 Å². The minimum atomic E-state index is 0.532. The van der Waals surface area contributed by atoms with Gasteiger partial charge in [0, 0.05) is 0 Å². The van der Waals surface area contributed by atoms with Gasteiger partial charge < -0.3 is 0 Å². The van der Waals surface area contributed by atoms with Crippen LogP contribution in [0.15, 0.2) is 30.4 Å². The van der Waals surface area contributed by atoms with E-state index in [1.807, 2.05) is 0 Å². The monoisotopic (exact) mass is 174 g/mol. The topological polar surface area (TPSA) is 0 Å². The van der Waals surface area contributed by atoms with Crippen molar-refractivity contribution in [3.05, 3.63) is 47.0 Å². The summed E-state index contributed by atoms with van der Waals surface area (Å²) in [6.07, 6.45) is 4.34. The molecule has 0 saturated carbocycles. The van der Waals surface area contributed by atoms with Crippen LogP contribution < -0.4 is 0 Å². The number of aryl methyl sites for hydroxylation is 2. The molecule has 1 atom stereocenters. The number of rotatable bonds is 2. The third-order valence-corrected chi connectivity index (χ3v) is 2.54. The zero-order valence-corrected chi connectivity index (χ0v) is 8.96. The van der Waals surface area contributed by atoms with Crippen LogP contribution in [0.25, 0.3) is 0 Å². The van der Waals surface area contributed by atoms with Crippen LogP contribution in [0.4, 0.5) is 0 Å². The molecule has 1 unspecified atom stereocenters. The third kappa shape index (κ3) is 2.45. The second kappa shape index (κ2) is 4.27. The molecule has 70 valence electrons. The normalized spacial score (nSPS) is 13.5. The lowest BCUT2D eigenvalue weighted by atomic mass is 9.97. The summed E-state index contributed by atoms with van der Waals surface area (Å²) >= 11 is 0. The highest BCUT2D eigenvalue weighted by atomic mass is 14.1. The first-order chi connectivity index (χ1) is 6.15. The summed E-state index contributed by atoms with van der Waals surface area (Å²) in [5.41, 5.74) is 4.16. The van der Waals surface area contributed by atoms with E-state index < -0.39 is 0 Å². The highest BCUT2D eigenvalue weighted by Gasteiger charge is 2.01. The minimum Gasteiger partial charge on any atom is -0.0911 e. The van der Waals surface area contributed by atoms with Crippen molar-refractivity contribution >= 4 is 0 Å². The molecule has 1 rings (SSSR count). The molecule has 1 aromatic rings. The van der Waals surface area contributed by atoms with Gasteiger partial charge in [-0.05, 0) is 43.4 Å². The third-order valence-electron chi connectivity index (χ3n) is 2.54. The zero-order chi connectivity index (χ0) is 9.84. The van der Waals surface area contributed by atoms with Crippen LogP contribution in [-0.2, 0) is 0 Å². The summed E-state index contributed by atoms with van der Waals surface area (Å²) in [4.78, 5) is 0. The smallest absolute Gasteiger partial charge is 0.00104 e. The molecule has 0 saturated heterocycles. The van der Waals surface area contributed by atoms with Gasteiger partial charge in [0.1, 0.15) is 0 Å². The van der Waals surface area contributed by atoms with Gasteiger partial charge >= 0.3 is 0 Å². The highest BCUT2D eigenvalue weighted by molar-refractivity contribution is 5.33. The molecule has 1 aromatic carbocycles. The minimum absolute atomic E-state index is 0.532. The van der Waals surface area contributed by atoms with Crippen molar-refractivity contribution in [1.29, 1.82) is 0 Å². The fourth-order valence-electron chi connectivity index (χ4n) is 1.45. The quantitative estimate of drug-likeness (QED) is 0.595. The van der Waals surface area contributed by atoms with Crippen LogP contribution in [0, 0.1) is 13.8 Å². The Balaban J connectivity index is 2.96. The van der Waals surface area contributed by atoms with Gasteiger partial charge in [-0.25, -0.2) is 0 Å². The van der Waals surface area contributed by atoms with E-state index in [9.17, 15) is 0 Å². The second-order valence-electron chi connectivity index (χ2n) is 3.66. The molecular weight excluding hydrogens is 156 g/mol. The van der Waals surface area contributed by atoms with Gasteiger partial charge in [-0.3, -0.25) is 0 Å². The Morgan fingerprint density at radius 3 is 2.38 bits per heavy atom. The van der Waals surface area contributed by atoms with Gasteiger partial charge in [0.2, 0.25) is 0 Å². The standard InChI is InChI=1S/C13H18/c1-5-6-11(3)13-8-7-10(2)12(4)9-13/h5-9,11H,1-4H3. The van der Waals surface area contributed by atoms with Crippen LogP contribution in [0.5, 0.6) is 0 Å². The Bertz CT molecular complexity index is 308. The average Bonchev–Trinajstić information content (AvgIpc) is 2.10. The lowest BCUT2D eigenvalue weighted by molar-refractivity contribution is 0.960. The Morgan fingerprint density at radius 1 is 1.15 bits per heavy atom. The van der Waals surface area contributed by atoms with E-state index in [4.69, 9.17) is 0 Å². The molecule has 0 aliphatic carbocycles. The van der Waals surface area contributed by atoms with Gasteiger partial charge in [-0.2, -0.15) is 0 Å². The van der Waals surface area contributed by atoms with Gasteiger partial charge in [-0.1, -0.05) is 37.3 Å². The zero-order valence-electron chi connectivity index (χ0n) is 8.96. The van der Waals surface area contributed by atoms with Crippen LogP contribution in [0.3, 0.4) is 0 Å². The highest BCUT2D eigenvalue weighted by Crippen LogP contribution is 2.19. The second-order valence-corrected chi connectivity index (χ2v) is 3.66. The molecule has 0 bridgehead atoms. The van der Waals surface area contributed by atoms with Gasteiger partial charge in [0.15, 0.2) is 0 Å². The maximum Gasteiger partial charge on any atom is -0.00104 e. The molecular formula is C13H18. The van der Waals surface area contributed by atoms with E-state index in [2.05, 4.69) is 58.0 Å². The molecule has 0 spiro atoms. The number of hydrogen-bond acceptors (Lipinski definition) is 0. The fourth-order valence-corrected chi connectivity index (χ4v) is 1.45. The van der Waals surface area contributed by atoms with Crippen molar-refractivity contribution in [2.24, 2.45) is 0 Å². The lowest BCUT2D eigenvalue weighted by Gasteiger charge is -2.09. The van der Waals surface area contributed by atoms with Crippen molar-refractivity contribution in [2.75, 3.05) is 0 Å². The van der Waals surface area contributed by atoms with E-state index >= 15 is 0 Å². The lowest BCUT2D eigenvalue weighted by Crippen LogP contribution is -1.91. The molecule has 0 nitrogen and oxygen atoms in total. The first kappa shape index (κ1) is 10.0. The van der Waals surface area contributed by atoms with E-state index in [1.54, 1.807) is 0 Å². The molecule has 0 heterocycles. The molecule has 0 radical (unpaired) electrons. The molecule has 0 aromatic heterocycles. The summed E-state index contributed by atoms with van der Waals surface area (Å²) in [7, 11) is 0. The maximum absolute atomic E-state index is 2.28. The summed E-state index contributed by atoms with van der Waals surface area (Å²) in [5, 5.41) is 0. The van der Waals surface area contributed by atoms with Crippen molar-refractivity contribution in [3.63, 3.8) is 0 Å². The van der Waals surface area contributed by atoms with Crippen molar-refractivity contribution in [2.45, 2.75) is 33.6 Å². The van der Waals surface area contributed by atoms with Crippen LogP contribution >= 0.6 is 0 Å². The van der Waals surface area contributed by atoms with Crippen molar-refractivity contribution in [1.82, 2.24) is 0 Å². The van der Waals surface area contributed by atoms with E-state index in [1.165, 1.54) is 16.7 Å². The predicted molar refractivity (Wildman–Crippen MR) is 59.1 cm³/mol. The Kier molecular flexibility index (Phi) is 3.30. The largest absolute Gasteiger partial charge is 0.0911 e. The SMILES string of the molecule is CC=CC(C)c1ccc(C)c(C)c1. The Labute approximate surface area is 81.3 Å². The van der Waals surface area contributed by atoms with Crippen molar-refractivity contribution in [3.8, 4) is 0 Å². The number of allylic oxidation sites excluding steroid dienone is 2. The molecule has 0 fully saturated rings. The van der Waals surface area contributed by atoms with Crippen LogP contribution in [-0.4, -0.2) is 0 Å². The summed E-state index contributed by atoms with van der Waals surface area (Å²) < 4.78 is 0.